The predicted octanol–water partition coefficient (Wildman–Crippen LogP) is 3.56. The molecule has 106 valence electrons. The molecule has 2 nitrogen and oxygen atoms in total. The second-order valence-electron chi connectivity index (χ2n) is 4.96. The third kappa shape index (κ3) is 4.35. The summed E-state index contributed by atoms with van der Waals surface area (Å²) in [5.41, 5.74) is 2.22. The Morgan fingerprint density at radius 2 is 1.85 bits per heavy atom. The first-order valence-electron chi connectivity index (χ1n) is 6.78. The highest BCUT2D eigenvalue weighted by Crippen LogP contribution is 2.13. The molecule has 0 aliphatic carbocycles. The lowest BCUT2D eigenvalue weighted by Crippen LogP contribution is -2.27. The molecule has 2 rings (SSSR count). The van der Waals surface area contributed by atoms with Gasteiger partial charge in [-0.05, 0) is 48.7 Å². The van der Waals surface area contributed by atoms with Crippen molar-refractivity contribution in [3.63, 3.8) is 0 Å². The standard InChI is InChI=1S/C17H20FNO/c1-13(10-14-6-8-17(20-2)9-7-14)19-12-15-4-3-5-16(18)11-15/h3-9,11,13,19H,10,12H2,1-2H3/t13-/m1/s1. The molecule has 0 radical (unpaired) electrons. The summed E-state index contributed by atoms with van der Waals surface area (Å²) in [6, 6.07) is 15.1. The largest absolute Gasteiger partial charge is 0.497 e. The molecule has 2 aromatic rings. The summed E-state index contributed by atoms with van der Waals surface area (Å²) in [5.74, 6) is 0.682. The second kappa shape index (κ2) is 7.06. The maximum Gasteiger partial charge on any atom is 0.123 e. The smallest absolute Gasteiger partial charge is 0.123 e. The third-order valence-electron chi connectivity index (χ3n) is 3.24. The van der Waals surface area contributed by atoms with E-state index < -0.39 is 0 Å². The van der Waals surface area contributed by atoms with Crippen molar-refractivity contribution in [2.24, 2.45) is 0 Å². The molecule has 0 amide bonds. The Bertz CT molecular complexity index is 539. The monoisotopic (exact) mass is 273 g/mol. The third-order valence-corrected chi connectivity index (χ3v) is 3.24. The summed E-state index contributed by atoms with van der Waals surface area (Å²) in [7, 11) is 1.66. The molecule has 0 aliphatic heterocycles. The van der Waals surface area contributed by atoms with Gasteiger partial charge in [-0.3, -0.25) is 0 Å². The Hall–Kier alpha value is -1.87. The molecule has 0 bridgehead atoms. The molecule has 1 atom stereocenters. The summed E-state index contributed by atoms with van der Waals surface area (Å²) < 4.78 is 18.2. The van der Waals surface area contributed by atoms with Gasteiger partial charge in [0.05, 0.1) is 7.11 Å². The van der Waals surface area contributed by atoms with E-state index in [0.29, 0.717) is 12.6 Å². The van der Waals surface area contributed by atoms with Crippen molar-refractivity contribution >= 4 is 0 Å². The van der Waals surface area contributed by atoms with E-state index in [1.807, 2.05) is 18.2 Å². The normalized spacial score (nSPS) is 12.2. The van der Waals surface area contributed by atoms with E-state index >= 15 is 0 Å². The Morgan fingerprint density at radius 1 is 1.10 bits per heavy atom. The van der Waals surface area contributed by atoms with Crippen LogP contribution < -0.4 is 10.1 Å². The number of hydrogen-bond donors (Lipinski definition) is 1. The number of ether oxygens (including phenoxy) is 1. The molecule has 0 saturated carbocycles. The topological polar surface area (TPSA) is 21.3 Å². The summed E-state index contributed by atoms with van der Waals surface area (Å²) in [6.07, 6.45) is 0.930. The van der Waals surface area contributed by atoms with Crippen LogP contribution in [0.25, 0.3) is 0 Å². The van der Waals surface area contributed by atoms with Crippen LogP contribution in [-0.4, -0.2) is 13.2 Å². The van der Waals surface area contributed by atoms with Crippen LogP contribution in [0.2, 0.25) is 0 Å². The van der Waals surface area contributed by atoms with Crippen molar-refractivity contribution in [3.05, 3.63) is 65.5 Å². The number of nitrogens with one attached hydrogen (secondary N) is 1. The van der Waals surface area contributed by atoms with Gasteiger partial charge in [0.2, 0.25) is 0 Å². The van der Waals surface area contributed by atoms with E-state index in [1.54, 1.807) is 19.2 Å². The predicted molar refractivity (Wildman–Crippen MR) is 79.4 cm³/mol. The number of methoxy groups -OCH3 is 1. The van der Waals surface area contributed by atoms with Gasteiger partial charge in [-0.25, -0.2) is 4.39 Å². The van der Waals surface area contributed by atoms with Gasteiger partial charge in [0.25, 0.3) is 0 Å². The fourth-order valence-corrected chi connectivity index (χ4v) is 2.13. The molecule has 0 fully saturated rings. The molecule has 0 spiro atoms. The number of benzene rings is 2. The van der Waals surface area contributed by atoms with E-state index in [9.17, 15) is 4.39 Å². The number of hydrogen-bond acceptors (Lipinski definition) is 2. The van der Waals surface area contributed by atoms with Gasteiger partial charge >= 0.3 is 0 Å². The van der Waals surface area contributed by atoms with Crippen molar-refractivity contribution in [3.8, 4) is 5.75 Å². The lowest BCUT2D eigenvalue weighted by molar-refractivity contribution is 0.414. The van der Waals surface area contributed by atoms with Gasteiger partial charge in [-0.1, -0.05) is 24.3 Å². The first kappa shape index (κ1) is 14.5. The highest BCUT2D eigenvalue weighted by molar-refractivity contribution is 5.27. The molecule has 0 heterocycles. The summed E-state index contributed by atoms with van der Waals surface area (Å²) >= 11 is 0. The van der Waals surface area contributed by atoms with Crippen LogP contribution >= 0.6 is 0 Å². The van der Waals surface area contributed by atoms with E-state index in [2.05, 4.69) is 24.4 Å². The average molecular weight is 273 g/mol. The van der Waals surface area contributed by atoms with Crippen molar-refractivity contribution in [1.82, 2.24) is 5.32 Å². The first-order chi connectivity index (χ1) is 9.67. The first-order valence-corrected chi connectivity index (χ1v) is 6.78. The van der Waals surface area contributed by atoms with Crippen LogP contribution in [0.3, 0.4) is 0 Å². The molecule has 0 aromatic heterocycles. The minimum absolute atomic E-state index is 0.188. The molecule has 0 saturated heterocycles. The van der Waals surface area contributed by atoms with Crippen molar-refractivity contribution in [2.45, 2.75) is 25.9 Å². The van der Waals surface area contributed by atoms with Gasteiger partial charge in [-0.2, -0.15) is 0 Å². The second-order valence-corrected chi connectivity index (χ2v) is 4.96. The molecular weight excluding hydrogens is 253 g/mol. The summed E-state index contributed by atoms with van der Waals surface area (Å²) in [5, 5.41) is 3.41. The SMILES string of the molecule is COc1ccc(C[C@@H](C)NCc2cccc(F)c2)cc1. The molecule has 2 aromatic carbocycles. The van der Waals surface area contributed by atoms with Crippen LogP contribution in [0.15, 0.2) is 48.5 Å². The lowest BCUT2D eigenvalue weighted by Gasteiger charge is -2.14. The minimum atomic E-state index is -0.188. The molecule has 20 heavy (non-hydrogen) atoms. The van der Waals surface area contributed by atoms with Crippen LogP contribution in [0.5, 0.6) is 5.75 Å². The van der Waals surface area contributed by atoms with Gasteiger partial charge in [0.15, 0.2) is 0 Å². The van der Waals surface area contributed by atoms with Gasteiger partial charge in [-0.15, -0.1) is 0 Å². The Labute approximate surface area is 119 Å². The van der Waals surface area contributed by atoms with Crippen LogP contribution in [0.1, 0.15) is 18.1 Å². The molecule has 0 unspecified atom stereocenters. The summed E-state index contributed by atoms with van der Waals surface area (Å²) in [6.45, 7) is 2.80. The highest BCUT2D eigenvalue weighted by atomic mass is 19.1. The highest BCUT2D eigenvalue weighted by Gasteiger charge is 2.04. The Kier molecular flexibility index (Phi) is 5.13. The molecular formula is C17H20FNO. The Morgan fingerprint density at radius 3 is 2.50 bits per heavy atom. The number of rotatable bonds is 6. The van der Waals surface area contributed by atoms with Crippen molar-refractivity contribution < 1.29 is 9.13 Å². The van der Waals surface area contributed by atoms with Gasteiger partial charge in [0.1, 0.15) is 11.6 Å². The van der Waals surface area contributed by atoms with Crippen LogP contribution in [0.4, 0.5) is 4.39 Å². The van der Waals surface area contributed by atoms with E-state index in [-0.39, 0.29) is 5.82 Å². The van der Waals surface area contributed by atoms with E-state index in [4.69, 9.17) is 4.74 Å². The zero-order valence-electron chi connectivity index (χ0n) is 11.9. The number of halogens is 1. The van der Waals surface area contributed by atoms with Gasteiger partial charge < -0.3 is 10.1 Å². The quantitative estimate of drug-likeness (QED) is 0.869. The minimum Gasteiger partial charge on any atom is -0.497 e. The van der Waals surface area contributed by atoms with Crippen molar-refractivity contribution in [2.75, 3.05) is 7.11 Å². The lowest BCUT2D eigenvalue weighted by atomic mass is 10.1. The molecule has 1 N–H and O–H groups in total. The zero-order valence-corrected chi connectivity index (χ0v) is 11.9. The molecule has 3 heteroatoms. The average Bonchev–Trinajstić information content (AvgIpc) is 2.46. The fraction of sp³-hybridized carbons (Fsp3) is 0.294. The molecule has 0 aliphatic rings. The zero-order chi connectivity index (χ0) is 14.4. The maximum absolute atomic E-state index is 13.1. The van der Waals surface area contributed by atoms with Crippen molar-refractivity contribution in [1.29, 1.82) is 0 Å². The van der Waals surface area contributed by atoms with E-state index in [0.717, 1.165) is 17.7 Å². The van der Waals surface area contributed by atoms with Crippen LogP contribution in [0, 0.1) is 5.82 Å². The summed E-state index contributed by atoms with van der Waals surface area (Å²) in [4.78, 5) is 0. The Balaban J connectivity index is 1.84. The van der Waals surface area contributed by atoms with E-state index in [1.165, 1.54) is 11.6 Å². The van der Waals surface area contributed by atoms with Gasteiger partial charge in [0, 0.05) is 12.6 Å². The maximum atomic E-state index is 13.1. The fourth-order valence-electron chi connectivity index (χ4n) is 2.13. The van der Waals surface area contributed by atoms with Crippen LogP contribution in [-0.2, 0) is 13.0 Å².